The monoisotopic (exact) mass is 333 g/mol. The standard InChI is InChI=1S/C14H11ClF3NOS/c15-12-3-1-2-4-13(12)21(20)8-9-5-6-10(19)7-11(9)14(16,17)18/h1-7H,8,19H2. The Morgan fingerprint density at radius 2 is 1.81 bits per heavy atom. The molecular weight excluding hydrogens is 323 g/mol. The van der Waals surface area contributed by atoms with Crippen molar-refractivity contribution in [1.29, 1.82) is 0 Å². The van der Waals surface area contributed by atoms with Crippen LogP contribution in [0.1, 0.15) is 11.1 Å². The maximum Gasteiger partial charge on any atom is 0.416 e. The van der Waals surface area contributed by atoms with Crippen LogP contribution in [0.3, 0.4) is 0 Å². The van der Waals surface area contributed by atoms with Gasteiger partial charge in [-0.15, -0.1) is 0 Å². The molecule has 2 N–H and O–H groups in total. The highest BCUT2D eigenvalue weighted by Crippen LogP contribution is 2.34. The van der Waals surface area contributed by atoms with Crippen molar-refractivity contribution in [2.24, 2.45) is 0 Å². The zero-order chi connectivity index (χ0) is 15.6. The van der Waals surface area contributed by atoms with E-state index in [9.17, 15) is 17.4 Å². The van der Waals surface area contributed by atoms with Gasteiger partial charge in [0, 0.05) is 5.69 Å². The fourth-order valence-corrected chi connectivity index (χ4v) is 3.43. The molecule has 1 atom stereocenters. The molecule has 0 fully saturated rings. The molecule has 0 aliphatic carbocycles. The van der Waals surface area contributed by atoms with E-state index in [0.29, 0.717) is 4.90 Å². The number of benzene rings is 2. The average Bonchev–Trinajstić information content (AvgIpc) is 2.40. The second-order valence-corrected chi connectivity index (χ2v) is 6.16. The van der Waals surface area contributed by atoms with Gasteiger partial charge in [0.1, 0.15) is 0 Å². The lowest BCUT2D eigenvalue weighted by Crippen LogP contribution is -2.11. The summed E-state index contributed by atoms with van der Waals surface area (Å²) >= 11 is 5.90. The first kappa shape index (κ1) is 15.9. The van der Waals surface area contributed by atoms with Gasteiger partial charge in [-0.25, -0.2) is 0 Å². The number of hydrogen-bond acceptors (Lipinski definition) is 2. The highest BCUT2D eigenvalue weighted by molar-refractivity contribution is 7.84. The van der Waals surface area contributed by atoms with E-state index in [2.05, 4.69) is 0 Å². The molecule has 2 rings (SSSR count). The first-order chi connectivity index (χ1) is 9.79. The quantitative estimate of drug-likeness (QED) is 0.853. The Balaban J connectivity index is 2.36. The molecule has 2 nitrogen and oxygen atoms in total. The van der Waals surface area contributed by atoms with Crippen molar-refractivity contribution in [3.63, 3.8) is 0 Å². The van der Waals surface area contributed by atoms with Crippen LogP contribution in [0.2, 0.25) is 5.02 Å². The Morgan fingerprint density at radius 3 is 2.43 bits per heavy atom. The molecular formula is C14H11ClF3NOS. The Labute approximate surface area is 127 Å². The van der Waals surface area contributed by atoms with E-state index in [-0.39, 0.29) is 22.0 Å². The second kappa shape index (κ2) is 6.07. The van der Waals surface area contributed by atoms with E-state index in [1.54, 1.807) is 18.2 Å². The third kappa shape index (κ3) is 3.77. The van der Waals surface area contributed by atoms with Gasteiger partial charge in [0.15, 0.2) is 0 Å². The third-order valence-corrected chi connectivity index (χ3v) is 4.67. The van der Waals surface area contributed by atoms with Gasteiger partial charge in [-0.1, -0.05) is 29.8 Å². The fraction of sp³-hybridized carbons (Fsp3) is 0.143. The SMILES string of the molecule is Nc1ccc(CS(=O)c2ccccc2Cl)c(C(F)(F)F)c1. The van der Waals surface area contributed by atoms with Crippen LogP contribution in [0.4, 0.5) is 18.9 Å². The van der Waals surface area contributed by atoms with Crippen LogP contribution in [-0.2, 0) is 22.7 Å². The van der Waals surface area contributed by atoms with E-state index in [1.807, 2.05) is 0 Å². The number of rotatable bonds is 3. The highest BCUT2D eigenvalue weighted by atomic mass is 35.5. The topological polar surface area (TPSA) is 43.1 Å². The van der Waals surface area contributed by atoms with Crippen LogP contribution in [0.25, 0.3) is 0 Å². The van der Waals surface area contributed by atoms with Crippen LogP contribution in [-0.4, -0.2) is 4.21 Å². The summed E-state index contributed by atoms with van der Waals surface area (Å²) in [6, 6.07) is 9.81. The summed E-state index contributed by atoms with van der Waals surface area (Å²) in [6.45, 7) is 0. The minimum atomic E-state index is -4.55. The van der Waals surface area contributed by atoms with Crippen LogP contribution in [0.5, 0.6) is 0 Å². The predicted octanol–water partition coefficient (Wildman–Crippen LogP) is 4.25. The van der Waals surface area contributed by atoms with Crippen molar-refractivity contribution in [2.75, 3.05) is 5.73 Å². The summed E-state index contributed by atoms with van der Waals surface area (Å²) < 4.78 is 51.2. The number of nitrogens with two attached hydrogens (primary N) is 1. The first-order valence-electron chi connectivity index (χ1n) is 5.87. The van der Waals surface area contributed by atoms with Crippen molar-refractivity contribution in [3.05, 3.63) is 58.6 Å². The lowest BCUT2D eigenvalue weighted by atomic mass is 10.1. The number of halogens is 4. The highest BCUT2D eigenvalue weighted by Gasteiger charge is 2.33. The van der Waals surface area contributed by atoms with Gasteiger partial charge in [-0.2, -0.15) is 13.2 Å². The normalized spacial score (nSPS) is 13.1. The van der Waals surface area contributed by atoms with Gasteiger partial charge >= 0.3 is 6.18 Å². The predicted molar refractivity (Wildman–Crippen MR) is 77.4 cm³/mol. The van der Waals surface area contributed by atoms with Gasteiger partial charge in [-0.05, 0) is 29.8 Å². The van der Waals surface area contributed by atoms with Gasteiger partial charge in [0.2, 0.25) is 0 Å². The molecule has 0 aliphatic rings. The number of anilines is 1. The Bertz CT molecular complexity index is 688. The van der Waals surface area contributed by atoms with Crippen LogP contribution < -0.4 is 5.73 Å². The van der Waals surface area contributed by atoms with Gasteiger partial charge < -0.3 is 5.73 Å². The summed E-state index contributed by atoms with van der Waals surface area (Å²) in [5.41, 5.74) is 4.46. The number of hydrogen-bond donors (Lipinski definition) is 1. The molecule has 21 heavy (non-hydrogen) atoms. The van der Waals surface area contributed by atoms with Gasteiger partial charge in [0.25, 0.3) is 0 Å². The molecule has 0 aromatic heterocycles. The van der Waals surface area contributed by atoms with E-state index in [0.717, 1.165) is 6.07 Å². The molecule has 0 spiro atoms. The molecule has 2 aromatic rings. The zero-order valence-corrected chi connectivity index (χ0v) is 12.2. The lowest BCUT2D eigenvalue weighted by molar-refractivity contribution is -0.138. The fourth-order valence-electron chi connectivity index (χ4n) is 1.83. The van der Waals surface area contributed by atoms with E-state index >= 15 is 0 Å². The Morgan fingerprint density at radius 1 is 1.14 bits per heavy atom. The molecule has 0 saturated heterocycles. The van der Waals surface area contributed by atoms with Crippen molar-refractivity contribution >= 4 is 28.1 Å². The van der Waals surface area contributed by atoms with Crippen molar-refractivity contribution in [1.82, 2.24) is 0 Å². The minimum Gasteiger partial charge on any atom is -0.399 e. The molecule has 7 heteroatoms. The number of nitrogen functional groups attached to an aromatic ring is 1. The van der Waals surface area contributed by atoms with Crippen LogP contribution >= 0.6 is 11.6 Å². The van der Waals surface area contributed by atoms with Crippen molar-refractivity contribution in [3.8, 4) is 0 Å². The summed E-state index contributed by atoms with van der Waals surface area (Å²) in [6.07, 6.45) is -4.55. The summed E-state index contributed by atoms with van der Waals surface area (Å²) in [5, 5.41) is 0.264. The molecule has 0 bridgehead atoms. The average molecular weight is 334 g/mol. The maximum atomic E-state index is 13.0. The van der Waals surface area contributed by atoms with Gasteiger partial charge in [-0.3, -0.25) is 4.21 Å². The minimum absolute atomic E-state index is 0.00889. The third-order valence-electron chi connectivity index (χ3n) is 2.81. The van der Waals surface area contributed by atoms with E-state index in [4.69, 9.17) is 17.3 Å². The van der Waals surface area contributed by atoms with Crippen LogP contribution in [0, 0.1) is 0 Å². The smallest absolute Gasteiger partial charge is 0.399 e. The van der Waals surface area contributed by atoms with E-state index < -0.39 is 22.5 Å². The lowest BCUT2D eigenvalue weighted by Gasteiger charge is -2.13. The molecule has 2 aromatic carbocycles. The second-order valence-electron chi connectivity index (χ2n) is 4.33. The summed E-state index contributed by atoms with van der Waals surface area (Å²) in [5.74, 6) is -0.279. The molecule has 0 amide bonds. The largest absolute Gasteiger partial charge is 0.416 e. The maximum absolute atomic E-state index is 13.0. The van der Waals surface area contributed by atoms with Crippen molar-refractivity contribution in [2.45, 2.75) is 16.8 Å². The van der Waals surface area contributed by atoms with Crippen molar-refractivity contribution < 1.29 is 17.4 Å². The molecule has 0 aliphatic heterocycles. The Hall–Kier alpha value is -1.53. The molecule has 1 unspecified atom stereocenters. The molecule has 112 valence electrons. The summed E-state index contributed by atoms with van der Waals surface area (Å²) in [7, 11) is -1.67. The number of alkyl halides is 3. The first-order valence-corrected chi connectivity index (χ1v) is 7.57. The van der Waals surface area contributed by atoms with Crippen LogP contribution in [0.15, 0.2) is 47.4 Å². The summed E-state index contributed by atoms with van der Waals surface area (Å²) in [4.78, 5) is 0.309. The van der Waals surface area contributed by atoms with Gasteiger partial charge in [0.05, 0.1) is 32.0 Å². The van der Waals surface area contributed by atoms with E-state index in [1.165, 1.54) is 18.2 Å². The molecule has 0 saturated carbocycles. The Kier molecular flexibility index (Phi) is 4.58. The zero-order valence-electron chi connectivity index (χ0n) is 10.7. The molecule has 0 radical (unpaired) electrons. The molecule has 0 heterocycles.